The third-order valence-electron chi connectivity index (χ3n) is 7.20. The highest BCUT2D eigenvalue weighted by molar-refractivity contribution is 6.35. The number of pyridine rings is 2. The molecule has 4 aromatic heterocycles. The van der Waals surface area contributed by atoms with Gasteiger partial charge in [0.05, 0.1) is 52.7 Å². The van der Waals surface area contributed by atoms with E-state index in [4.69, 9.17) is 26.1 Å². The van der Waals surface area contributed by atoms with Gasteiger partial charge in [-0.2, -0.15) is 0 Å². The van der Waals surface area contributed by atoms with Crippen molar-refractivity contribution in [3.63, 3.8) is 0 Å². The maximum absolute atomic E-state index is 6.86. The molecule has 0 saturated carbocycles. The van der Waals surface area contributed by atoms with Crippen LogP contribution in [0.25, 0.3) is 33.2 Å². The molecule has 1 aromatic carbocycles. The Bertz CT molecular complexity index is 1540. The first-order chi connectivity index (χ1) is 17.6. The Morgan fingerprint density at radius 1 is 1.11 bits per heavy atom. The Balaban J connectivity index is 1.72. The van der Waals surface area contributed by atoms with Crippen molar-refractivity contribution < 1.29 is 9.47 Å². The van der Waals surface area contributed by atoms with E-state index in [0.717, 1.165) is 64.9 Å². The maximum Gasteiger partial charge on any atom is 0.153 e. The number of rotatable bonds is 5. The predicted octanol–water partition coefficient (Wildman–Crippen LogP) is 5.37. The van der Waals surface area contributed by atoms with Crippen LogP contribution in [0.3, 0.4) is 0 Å². The summed E-state index contributed by atoms with van der Waals surface area (Å²) in [7, 11) is 3.55. The minimum atomic E-state index is 0.0179. The molecule has 0 N–H and O–H groups in total. The molecule has 1 aliphatic heterocycles. The van der Waals surface area contributed by atoms with Gasteiger partial charge in [0.15, 0.2) is 5.15 Å². The second-order valence-corrected chi connectivity index (χ2v) is 9.61. The fourth-order valence-electron chi connectivity index (χ4n) is 5.60. The molecule has 0 unspecified atom stereocenters. The quantitative estimate of drug-likeness (QED) is 0.301. The first-order valence-electron chi connectivity index (χ1n) is 12.1. The van der Waals surface area contributed by atoms with E-state index in [0.29, 0.717) is 16.8 Å². The number of benzene rings is 1. The van der Waals surface area contributed by atoms with Crippen LogP contribution >= 0.6 is 11.6 Å². The van der Waals surface area contributed by atoms with E-state index in [1.54, 1.807) is 18.0 Å². The van der Waals surface area contributed by atoms with Gasteiger partial charge in [-0.15, -0.1) is 5.10 Å². The first kappa shape index (κ1) is 22.9. The van der Waals surface area contributed by atoms with Gasteiger partial charge in [-0.25, -0.2) is 9.67 Å². The van der Waals surface area contributed by atoms with E-state index >= 15 is 0 Å². The van der Waals surface area contributed by atoms with Crippen LogP contribution in [-0.2, 0) is 11.8 Å². The molecule has 9 heteroatoms. The Morgan fingerprint density at radius 2 is 1.89 bits per heavy atom. The van der Waals surface area contributed by atoms with Gasteiger partial charge in [0.1, 0.15) is 5.75 Å². The Labute approximate surface area is 213 Å². The predicted molar refractivity (Wildman–Crippen MR) is 139 cm³/mol. The molecule has 0 radical (unpaired) electrons. The van der Waals surface area contributed by atoms with Crippen molar-refractivity contribution in [1.29, 1.82) is 0 Å². The van der Waals surface area contributed by atoms with E-state index in [1.165, 1.54) is 5.56 Å². The normalized spacial score (nSPS) is 15.6. The fraction of sp³-hybridized carbons (Fsp3) is 0.333. The number of aryl methyl sites for hydroxylation is 2. The van der Waals surface area contributed by atoms with Gasteiger partial charge in [-0.05, 0) is 37.3 Å². The van der Waals surface area contributed by atoms with Crippen LogP contribution in [0.15, 0.2) is 48.8 Å². The summed E-state index contributed by atoms with van der Waals surface area (Å²) < 4.78 is 15.6. The van der Waals surface area contributed by atoms with Crippen molar-refractivity contribution in [2.45, 2.75) is 25.8 Å². The van der Waals surface area contributed by atoms with Gasteiger partial charge in [0, 0.05) is 32.0 Å². The largest absolute Gasteiger partial charge is 0.494 e. The zero-order chi connectivity index (χ0) is 24.8. The Kier molecular flexibility index (Phi) is 5.85. The summed E-state index contributed by atoms with van der Waals surface area (Å²) in [5.41, 5.74) is 6.56. The van der Waals surface area contributed by atoms with Crippen LogP contribution in [0.1, 0.15) is 30.1 Å². The molecule has 5 aromatic rings. The molecule has 5 heterocycles. The zero-order valence-electron chi connectivity index (χ0n) is 20.5. The van der Waals surface area contributed by atoms with E-state index in [-0.39, 0.29) is 6.04 Å². The summed E-state index contributed by atoms with van der Waals surface area (Å²) in [5.74, 6) is 1.00. The van der Waals surface area contributed by atoms with E-state index in [9.17, 15) is 0 Å². The van der Waals surface area contributed by atoms with Crippen LogP contribution < -0.4 is 4.74 Å². The molecule has 0 amide bonds. The number of hydrogen-bond acceptors (Lipinski definition) is 6. The highest BCUT2D eigenvalue weighted by Crippen LogP contribution is 2.45. The Hall–Kier alpha value is -3.49. The fourth-order valence-corrected chi connectivity index (χ4v) is 5.84. The standard InChI is InChI=1S/C27H27ClN6O2/c1-16-24(33(2)32-31-16)19-13-20-23(29-14-19)22-21(35-3)15-30-27(28)26(22)34(20)25(17-7-5-4-6-8-17)18-9-11-36-12-10-18/h4-8,13-15,18,25H,9-12H2,1-3H3/t25-/m1/s1. The number of hydrogen-bond donors (Lipinski definition) is 0. The molecule has 0 bridgehead atoms. The average molecular weight is 503 g/mol. The first-order valence-corrected chi connectivity index (χ1v) is 12.5. The molecule has 0 spiro atoms. The number of ether oxygens (including phenoxy) is 2. The van der Waals surface area contributed by atoms with Crippen molar-refractivity contribution in [2.75, 3.05) is 20.3 Å². The number of nitrogens with zero attached hydrogens (tertiary/aromatic N) is 6. The van der Waals surface area contributed by atoms with Gasteiger partial charge in [-0.3, -0.25) is 4.98 Å². The van der Waals surface area contributed by atoms with E-state index in [2.05, 4.69) is 50.2 Å². The van der Waals surface area contributed by atoms with E-state index < -0.39 is 0 Å². The molecule has 1 aliphatic rings. The third kappa shape index (κ3) is 3.63. The summed E-state index contributed by atoms with van der Waals surface area (Å²) in [6.45, 7) is 3.44. The smallest absolute Gasteiger partial charge is 0.153 e. The maximum atomic E-state index is 6.86. The lowest BCUT2D eigenvalue weighted by atomic mass is 9.86. The number of halogens is 1. The molecular formula is C27H27ClN6O2. The minimum absolute atomic E-state index is 0.0179. The summed E-state index contributed by atoms with van der Waals surface area (Å²) in [6.07, 6.45) is 5.45. The molecule has 8 nitrogen and oxygen atoms in total. The molecule has 1 saturated heterocycles. The monoisotopic (exact) mass is 502 g/mol. The second-order valence-electron chi connectivity index (χ2n) is 9.26. The zero-order valence-corrected chi connectivity index (χ0v) is 21.2. The van der Waals surface area contributed by atoms with Gasteiger partial charge >= 0.3 is 0 Å². The molecule has 0 aliphatic carbocycles. The summed E-state index contributed by atoms with van der Waals surface area (Å²) >= 11 is 6.86. The number of methoxy groups -OCH3 is 1. The Morgan fingerprint density at radius 3 is 2.58 bits per heavy atom. The van der Waals surface area contributed by atoms with Gasteiger partial charge in [0.2, 0.25) is 0 Å². The van der Waals surface area contributed by atoms with Gasteiger partial charge in [0.25, 0.3) is 0 Å². The third-order valence-corrected chi connectivity index (χ3v) is 7.48. The molecule has 1 fully saturated rings. The van der Waals surface area contributed by atoms with Gasteiger partial charge < -0.3 is 14.0 Å². The second kappa shape index (κ2) is 9.19. The van der Waals surface area contributed by atoms with Crippen LogP contribution in [0.5, 0.6) is 5.75 Å². The van der Waals surface area contributed by atoms with Crippen molar-refractivity contribution in [3.8, 4) is 17.0 Å². The number of fused-ring (bicyclic) bond motifs is 3. The minimum Gasteiger partial charge on any atom is -0.494 e. The van der Waals surface area contributed by atoms with Crippen molar-refractivity contribution in [1.82, 2.24) is 29.5 Å². The lowest BCUT2D eigenvalue weighted by Crippen LogP contribution is -2.27. The van der Waals surface area contributed by atoms with Gasteiger partial charge in [-0.1, -0.05) is 47.1 Å². The van der Waals surface area contributed by atoms with Crippen LogP contribution in [-0.4, -0.2) is 49.9 Å². The average Bonchev–Trinajstić information content (AvgIpc) is 3.43. The molecule has 184 valence electrons. The lowest BCUT2D eigenvalue weighted by Gasteiger charge is -2.33. The van der Waals surface area contributed by atoms with Crippen LogP contribution in [0.2, 0.25) is 5.15 Å². The van der Waals surface area contributed by atoms with Crippen LogP contribution in [0.4, 0.5) is 0 Å². The van der Waals surface area contributed by atoms with Crippen LogP contribution in [0, 0.1) is 12.8 Å². The molecular weight excluding hydrogens is 476 g/mol. The van der Waals surface area contributed by atoms with Crippen molar-refractivity contribution >= 4 is 33.5 Å². The highest BCUT2D eigenvalue weighted by atomic mass is 35.5. The summed E-state index contributed by atoms with van der Waals surface area (Å²) in [6, 6.07) is 12.8. The summed E-state index contributed by atoms with van der Waals surface area (Å²) in [4.78, 5) is 9.46. The molecule has 36 heavy (non-hydrogen) atoms. The molecule has 6 rings (SSSR count). The number of aromatic nitrogens is 6. The SMILES string of the molecule is COc1cnc(Cl)c2c1c1ncc(-c3c(C)nnn3C)cc1n2[C@H](c1ccccc1)C1CCOCC1. The van der Waals surface area contributed by atoms with Crippen molar-refractivity contribution in [2.24, 2.45) is 13.0 Å². The van der Waals surface area contributed by atoms with E-state index in [1.807, 2.05) is 26.2 Å². The van der Waals surface area contributed by atoms with Crippen molar-refractivity contribution in [3.05, 3.63) is 65.2 Å². The summed E-state index contributed by atoms with van der Waals surface area (Å²) in [5, 5.41) is 9.75. The topological polar surface area (TPSA) is 79.9 Å². The molecule has 1 atom stereocenters. The highest BCUT2D eigenvalue weighted by Gasteiger charge is 2.32. The lowest BCUT2D eigenvalue weighted by molar-refractivity contribution is 0.0553.